The second kappa shape index (κ2) is 4.40. The first-order valence-electron chi connectivity index (χ1n) is 4.96. The Labute approximate surface area is 79.1 Å². The average Bonchev–Trinajstić information content (AvgIpc) is 2.47. The highest BCUT2D eigenvalue weighted by molar-refractivity contribution is 5.87. The van der Waals surface area contributed by atoms with Gasteiger partial charge >= 0.3 is 0 Å². The van der Waals surface area contributed by atoms with Crippen LogP contribution in [0.25, 0.3) is 0 Å². The summed E-state index contributed by atoms with van der Waals surface area (Å²) in [4.78, 5) is 24.2. The Kier molecular flexibility index (Phi) is 3.46. The minimum atomic E-state index is 0.147. The molecule has 0 N–H and O–H groups in total. The molecule has 3 nitrogen and oxygen atoms in total. The fourth-order valence-corrected chi connectivity index (χ4v) is 1.60. The SMILES string of the molecule is CCC(=O)CN1CC(CC)CC1=O. The van der Waals surface area contributed by atoms with Gasteiger partial charge in [0.05, 0.1) is 6.54 Å². The van der Waals surface area contributed by atoms with Crippen LogP contribution >= 0.6 is 0 Å². The average molecular weight is 183 g/mol. The number of nitrogens with zero attached hydrogens (tertiary/aromatic N) is 1. The van der Waals surface area contributed by atoms with E-state index in [0.29, 0.717) is 25.3 Å². The van der Waals surface area contributed by atoms with E-state index in [2.05, 4.69) is 6.92 Å². The Morgan fingerprint density at radius 3 is 2.69 bits per heavy atom. The fourth-order valence-electron chi connectivity index (χ4n) is 1.60. The van der Waals surface area contributed by atoms with Crippen molar-refractivity contribution in [2.75, 3.05) is 13.1 Å². The van der Waals surface area contributed by atoms with E-state index in [4.69, 9.17) is 0 Å². The highest BCUT2D eigenvalue weighted by Crippen LogP contribution is 2.20. The lowest BCUT2D eigenvalue weighted by Crippen LogP contribution is -2.30. The van der Waals surface area contributed by atoms with Crippen molar-refractivity contribution in [3.05, 3.63) is 0 Å². The summed E-state index contributed by atoms with van der Waals surface area (Å²) in [6.45, 7) is 5.02. The van der Waals surface area contributed by atoms with E-state index < -0.39 is 0 Å². The zero-order valence-electron chi connectivity index (χ0n) is 8.38. The molecule has 1 heterocycles. The van der Waals surface area contributed by atoms with Crippen molar-refractivity contribution in [3.63, 3.8) is 0 Å². The predicted octanol–water partition coefficient (Wildman–Crippen LogP) is 1.22. The van der Waals surface area contributed by atoms with E-state index in [1.54, 1.807) is 4.90 Å². The topological polar surface area (TPSA) is 37.4 Å². The van der Waals surface area contributed by atoms with Gasteiger partial charge in [0.25, 0.3) is 0 Å². The molecule has 0 bridgehead atoms. The van der Waals surface area contributed by atoms with Crippen LogP contribution in [0.4, 0.5) is 0 Å². The van der Waals surface area contributed by atoms with Crippen molar-refractivity contribution in [1.82, 2.24) is 4.90 Å². The first-order valence-corrected chi connectivity index (χ1v) is 4.96. The van der Waals surface area contributed by atoms with Gasteiger partial charge in [-0.1, -0.05) is 20.3 Å². The Bertz CT molecular complexity index is 213. The number of carbonyl (C=O) groups is 2. The van der Waals surface area contributed by atoms with Crippen LogP contribution in [0.15, 0.2) is 0 Å². The summed E-state index contributed by atoms with van der Waals surface area (Å²) in [6.07, 6.45) is 2.19. The molecule has 0 saturated carbocycles. The number of rotatable bonds is 4. The van der Waals surface area contributed by atoms with Gasteiger partial charge in [0.15, 0.2) is 5.78 Å². The molecule has 0 radical (unpaired) electrons. The van der Waals surface area contributed by atoms with Gasteiger partial charge in [0, 0.05) is 19.4 Å². The maximum atomic E-state index is 11.4. The summed E-state index contributed by atoms with van der Waals surface area (Å²) in [7, 11) is 0. The molecule has 74 valence electrons. The number of amides is 1. The van der Waals surface area contributed by atoms with E-state index in [-0.39, 0.29) is 11.7 Å². The van der Waals surface area contributed by atoms with Gasteiger partial charge < -0.3 is 4.90 Å². The molecule has 1 amide bonds. The van der Waals surface area contributed by atoms with Gasteiger partial charge in [0.2, 0.25) is 5.91 Å². The molecule has 1 rings (SSSR count). The molecule has 1 fully saturated rings. The number of carbonyl (C=O) groups excluding carboxylic acids is 2. The third-order valence-corrected chi connectivity index (χ3v) is 2.63. The van der Waals surface area contributed by atoms with Crippen LogP contribution in [0.2, 0.25) is 0 Å². The van der Waals surface area contributed by atoms with Crippen LogP contribution in [0.5, 0.6) is 0 Å². The number of Topliss-reactive ketones (excluding diaryl/α,β-unsaturated/α-hetero) is 1. The number of likely N-dealkylation sites (tertiary alicyclic amines) is 1. The Hall–Kier alpha value is -0.860. The number of hydrogen-bond donors (Lipinski definition) is 0. The Morgan fingerprint density at radius 1 is 1.54 bits per heavy atom. The molecule has 1 unspecified atom stereocenters. The van der Waals surface area contributed by atoms with Crippen LogP contribution in [0, 0.1) is 5.92 Å². The van der Waals surface area contributed by atoms with E-state index in [9.17, 15) is 9.59 Å². The first-order chi connectivity index (χ1) is 6.17. The molecule has 1 atom stereocenters. The van der Waals surface area contributed by atoms with Crippen LogP contribution in [0.1, 0.15) is 33.1 Å². The number of hydrogen-bond acceptors (Lipinski definition) is 2. The standard InChI is InChI=1S/C10H17NO2/c1-3-8-5-10(13)11(6-8)7-9(12)4-2/h8H,3-7H2,1-2H3. The van der Waals surface area contributed by atoms with Gasteiger partial charge in [-0.3, -0.25) is 9.59 Å². The summed E-state index contributed by atoms with van der Waals surface area (Å²) in [6, 6.07) is 0. The summed E-state index contributed by atoms with van der Waals surface area (Å²) in [5, 5.41) is 0. The van der Waals surface area contributed by atoms with Crippen molar-refractivity contribution in [3.8, 4) is 0 Å². The molecule has 0 spiro atoms. The normalized spacial score (nSPS) is 22.5. The highest BCUT2D eigenvalue weighted by Gasteiger charge is 2.28. The fraction of sp³-hybridized carbons (Fsp3) is 0.800. The maximum absolute atomic E-state index is 11.4. The van der Waals surface area contributed by atoms with E-state index in [1.165, 1.54) is 0 Å². The minimum absolute atomic E-state index is 0.147. The molecule has 0 aromatic carbocycles. The lowest BCUT2D eigenvalue weighted by atomic mass is 10.1. The van der Waals surface area contributed by atoms with Crippen LogP contribution in [-0.2, 0) is 9.59 Å². The maximum Gasteiger partial charge on any atom is 0.223 e. The lowest BCUT2D eigenvalue weighted by molar-refractivity contribution is -0.132. The van der Waals surface area contributed by atoms with E-state index in [1.807, 2.05) is 6.92 Å². The first kappa shape index (κ1) is 10.2. The van der Waals surface area contributed by atoms with E-state index >= 15 is 0 Å². The van der Waals surface area contributed by atoms with Crippen molar-refractivity contribution in [2.24, 2.45) is 5.92 Å². The molecule has 1 aliphatic rings. The Balaban J connectivity index is 2.43. The molecule has 0 aliphatic carbocycles. The number of ketones is 1. The van der Waals surface area contributed by atoms with Crippen molar-refractivity contribution >= 4 is 11.7 Å². The van der Waals surface area contributed by atoms with Crippen LogP contribution in [-0.4, -0.2) is 29.7 Å². The third kappa shape index (κ3) is 2.54. The second-order valence-corrected chi connectivity index (χ2v) is 3.64. The van der Waals surface area contributed by atoms with Crippen LogP contribution in [0.3, 0.4) is 0 Å². The zero-order chi connectivity index (χ0) is 9.84. The smallest absolute Gasteiger partial charge is 0.223 e. The zero-order valence-corrected chi connectivity index (χ0v) is 8.38. The predicted molar refractivity (Wildman–Crippen MR) is 50.3 cm³/mol. The van der Waals surface area contributed by atoms with Gasteiger partial charge in [0.1, 0.15) is 0 Å². The third-order valence-electron chi connectivity index (χ3n) is 2.63. The molecule has 1 saturated heterocycles. The summed E-state index contributed by atoms with van der Waals surface area (Å²) in [5.74, 6) is 0.774. The summed E-state index contributed by atoms with van der Waals surface area (Å²) >= 11 is 0. The van der Waals surface area contributed by atoms with Crippen LogP contribution < -0.4 is 0 Å². The van der Waals surface area contributed by atoms with Crippen molar-refractivity contribution < 1.29 is 9.59 Å². The van der Waals surface area contributed by atoms with Gasteiger partial charge in [-0.15, -0.1) is 0 Å². The second-order valence-electron chi connectivity index (χ2n) is 3.64. The highest BCUT2D eigenvalue weighted by atomic mass is 16.2. The van der Waals surface area contributed by atoms with Gasteiger partial charge in [-0.25, -0.2) is 0 Å². The molecule has 1 aliphatic heterocycles. The van der Waals surface area contributed by atoms with Gasteiger partial charge in [-0.05, 0) is 5.92 Å². The van der Waals surface area contributed by atoms with E-state index in [0.717, 1.165) is 13.0 Å². The molecule has 0 aromatic heterocycles. The minimum Gasteiger partial charge on any atom is -0.335 e. The lowest BCUT2D eigenvalue weighted by Gasteiger charge is -2.14. The monoisotopic (exact) mass is 183 g/mol. The quantitative estimate of drug-likeness (QED) is 0.657. The molecule has 13 heavy (non-hydrogen) atoms. The summed E-state index contributed by atoms with van der Waals surface area (Å²) in [5.41, 5.74) is 0. The van der Waals surface area contributed by atoms with Crippen molar-refractivity contribution in [2.45, 2.75) is 33.1 Å². The van der Waals surface area contributed by atoms with Gasteiger partial charge in [-0.2, -0.15) is 0 Å². The molecular formula is C10H17NO2. The molecule has 0 aromatic rings. The molecular weight excluding hydrogens is 166 g/mol. The van der Waals surface area contributed by atoms with Crippen molar-refractivity contribution in [1.29, 1.82) is 0 Å². The molecule has 3 heteroatoms. The largest absolute Gasteiger partial charge is 0.335 e. The Morgan fingerprint density at radius 2 is 2.23 bits per heavy atom. The summed E-state index contributed by atoms with van der Waals surface area (Å²) < 4.78 is 0.